The Morgan fingerprint density at radius 1 is 0.897 bits per heavy atom. The maximum atomic E-state index is 12.7. The monoisotopic (exact) mass is 400 g/mol. The van der Waals surface area contributed by atoms with Crippen molar-refractivity contribution in [3.63, 3.8) is 0 Å². The fraction of sp³-hybridized carbons (Fsp3) is 0.174. The molecule has 1 atom stereocenters. The van der Waals surface area contributed by atoms with E-state index in [0.717, 1.165) is 23.3 Å². The molecular weight excluding hydrogens is 381 g/mol. The van der Waals surface area contributed by atoms with Crippen molar-refractivity contribution in [1.82, 2.24) is 0 Å². The molecule has 0 aromatic heterocycles. The van der Waals surface area contributed by atoms with Gasteiger partial charge in [-0.25, -0.2) is 4.79 Å². The SMILES string of the molecule is CCC(Oc1ccc(C(=O)O)cc1)c1ccc(-c2ccc(C(F)(F)F)cc2)cc1. The van der Waals surface area contributed by atoms with Gasteiger partial charge >= 0.3 is 12.1 Å². The van der Waals surface area contributed by atoms with E-state index in [0.29, 0.717) is 17.7 Å². The zero-order valence-electron chi connectivity index (χ0n) is 15.6. The van der Waals surface area contributed by atoms with Crippen LogP contribution in [0.5, 0.6) is 5.75 Å². The molecule has 0 spiro atoms. The van der Waals surface area contributed by atoms with E-state index in [-0.39, 0.29) is 11.7 Å². The lowest BCUT2D eigenvalue weighted by Gasteiger charge is -2.18. The van der Waals surface area contributed by atoms with Crippen LogP contribution in [0.2, 0.25) is 0 Å². The molecule has 0 amide bonds. The number of carboxylic acid groups (broad SMARTS) is 1. The third kappa shape index (κ3) is 4.96. The van der Waals surface area contributed by atoms with Crippen LogP contribution in [0.15, 0.2) is 72.8 Å². The van der Waals surface area contributed by atoms with Crippen LogP contribution in [0.3, 0.4) is 0 Å². The van der Waals surface area contributed by atoms with Crippen LogP contribution < -0.4 is 4.74 Å². The predicted molar refractivity (Wildman–Crippen MR) is 104 cm³/mol. The van der Waals surface area contributed by atoms with Gasteiger partial charge < -0.3 is 9.84 Å². The smallest absolute Gasteiger partial charge is 0.416 e. The first-order chi connectivity index (χ1) is 13.8. The number of ether oxygens (including phenoxy) is 1. The summed E-state index contributed by atoms with van der Waals surface area (Å²) < 4.78 is 44.1. The van der Waals surface area contributed by atoms with Gasteiger partial charge in [-0.2, -0.15) is 13.2 Å². The number of hydrogen-bond acceptors (Lipinski definition) is 2. The zero-order chi connectivity index (χ0) is 21.0. The summed E-state index contributed by atoms with van der Waals surface area (Å²) in [6.45, 7) is 1.97. The largest absolute Gasteiger partial charge is 0.486 e. The number of benzene rings is 3. The molecule has 0 heterocycles. The van der Waals surface area contributed by atoms with Crippen molar-refractivity contribution in [1.29, 1.82) is 0 Å². The fourth-order valence-electron chi connectivity index (χ4n) is 2.97. The van der Waals surface area contributed by atoms with Crippen molar-refractivity contribution in [2.24, 2.45) is 0 Å². The molecule has 1 unspecified atom stereocenters. The molecule has 0 saturated heterocycles. The summed E-state index contributed by atoms with van der Waals surface area (Å²) in [5.74, 6) is -0.434. The molecule has 1 N–H and O–H groups in total. The number of halogens is 3. The molecule has 150 valence electrons. The maximum Gasteiger partial charge on any atom is 0.416 e. The second kappa shape index (κ2) is 8.39. The third-order valence-corrected chi connectivity index (χ3v) is 4.58. The van der Waals surface area contributed by atoms with Gasteiger partial charge in [0.1, 0.15) is 11.9 Å². The van der Waals surface area contributed by atoms with Crippen molar-refractivity contribution in [3.8, 4) is 16.9 Å². The Hall–Kier alpha value is -3.28. The van der Waals surface area contributed by atoms with Crippen LogP contribution >= 0.6 is 0 Å². The molecule has 0 fully saturated rings. The van der Waals surface area contributed by atoms with Gasteiger partial charge in [-0.3, -0.25) is 0 Å². The van der Waals surface area contributed by atoms with Gasteiger partial charge in [0.05, 0.1) is 11.1 Å². The average molecular weight is 400 g/mol. The Labute approximate surface area is 166 Å². The molecule has 29 heavy (non-hydrogen) atoms. The molecule has 6 heteroatoms. The lowest BCUT2D eigenvalue weighted by molar-refractivity contribution is -0.137. The van der Waals surface area contributed by atoms with Crippen molar-refractivity contribution in [3.05, 3.63) is 89.5 Å². The first-order valence-corrected chi connectivity index (χ1v) is 9.05. The number of alkyl halides is 3. The number of aromatic carboxylic acids is 1. The van der Waals surface area contributed by atoms with Crippen molar-refractivity contribution in [2.45, 2.75) is 25.6 Å². The summed E-state index contributed by atoms with van der Waals surface area (Å²) in [4.78, 5) is 10.9. The highest BCUT2D eigenvalue weighted by Gasteiger charge is 2.29. The minimum Gasteiger partial charge on any atom is -0.486 e. The van der Waals surface area contributed by atoms with E-state index in [1.54, 1.807) is 12.1 Å². The van der Waals surface area contributed by atoms with Gasteiger partial charge in [0.15, 0.2) is 0 Å². The molecule has 3 aromatic rings. The van der Waals surface area contributed by atoms with Crippen molar-refractivity contribution >= 4 is 5.97 Å². The molecule has 3 nitrogen and oxygen atoms in total. The second-order valence-electron chi connectivity index (χ2n) is 6.54. The lowest BCUT2D eigenvalue weighted by atomic mass is 10.00. The van der Waals surface area contributed by atoms with Gasteiger partial charge in [0.2, 0.25) is 0 Å². The normalized spacial score (nSPS) is 12.4. The van der Waals surface area contributed by atoms with E-state index in [1.165, 1.54) is 24.3 Å². The molecule has 0 aliphatic rings. The van der Waals surface area contributed by atoms with Crippen LogP contribution in [0.25, 0.3) is 11.1 Å². The zero-order valence-corrected chi connectivity index (χ0v) is 15.6. The third-order valence-electron chi connectivity index (χ3n) is 4.58. The number of rotatable bonds is 6. The highest BCUT2D eigenvalue weighted by Crippen LogP contribution is 2.32. The highest BCUT2D eigenvalue weighted by atomic mass is 19.4. The van der Waals surface area contributed by atoms with Gasteiger partial charge in [0.25, 0.3) is 0 Å². The maximum absolute atomic E-state index is 12.7. The van der Waals surface area contributed by atoms with Gasteiger partial charge in [0, 0.05) is 0 Å². The molecule has 0 aliphatic carbocycles. The number of hydrogen-bond donors (Lipinski definition) is 1. The number of carbonyl (C=O) groups is 1. The molecule has 3 rings (SSSR count). The van der Waals surface area contributed by atoms with Gasteiger partial charge in [-0.15, -0.1) is 0 Å². The van der Waals surface area contributed by atoms with Crippen LogP contribution in [0, 0.1) is 0 Å². The van der Waals surface area contributed by atoms with Gasteiger partial charge in [-0.05, 0) is 59.5 Å². The molecule has 0 bridgehead atoms. The average Bonchev–Trinajstić information content (AvgIpc) is 2.72. The van der Waals surface area contributed by atoms with Crippen LogP contribution in [0.1, 0.15) is 40.9 Å². The summed E-state index contributed by atoms with van der Waals surface area (Å²) in [6.07, 6.45) is -3.89. The molecule has 3 aromatic carbocycles. The number of carboxylic acids is 1. The summed E-state index contributed by atoms with van der Waals surface area (Å²) >= 11 is 0. The first-order valence-electron chi connectivity index (χ1n) is 9.05. The Kier molecular flexibility index (Phi) is 5.92. The van der Waals surface area contributed by atoms with E-state index in [2.05, 4.69) is 0 Å². The molecular formula is C23H19F3O3. The van der Waals surface area contributed by atoms with E-state index in [9.17, 15) is 18.0 Å². The first kappa shape index (κ1) is 20.5. The minimum absolute atomic E-state index is 0.186. The van der Waals surface area contributed by atoms with Crippen LogP contribution in [-0.4, -0.2) is 11.1 Å². The second-order valence-corrected chi connectivity index (χ2v) is 6.54. The predicted octanol–water partition coefficient (Wildman–Crippen LogP) is 6.60. The quantitative estimate of drug-likeness (QED) is 0.507. The molecule has 0 radical (unpaired) electrons. The molecule has 0 aliphatic heterocycles. The van der Waals surface area contributed by atoms with Crippen LogP contribution in [0.4, 0.5) is 13.2 Å². The lowest BCUT2D eigenvalue weighted by Crippen LogP contribution is -2.06. The van der Waals surface area contributed by atoms with E-state index < -0.39 is 17.7 Å². The Bertz CT molecular complexity index is 960. The standard InChI is InChI=1S/C23H19F3O3/c1-2-21(29-20-13-9-18(10-14-20)22(27)28)17-5-3-15(4-6-17)16-7-11-19(12-8-16)23(24,25)26/h3-14,21H,2H2,1H3,(H,27,28). The van der Waals surface area contributed by atoms with Crippen LogP contribution in [-0.2, 0) is 6.18 Å². The minimum atomic E-state index is -4.35. The summed E-state index contributed by atoms with van der Waals surface area (Å²) in [7, 11) is 0. The Balaban J connectivity index is 1.74. The molecule has 0 saturated carbocycles. The highest BCUT2D eigenvalue weighted by molar-refractivity contribution is 5.87. The van der Waals surface area contributed by atoms with E-state index >= 15 is 0 Å². The summed E-state index contributed by atoms with van der Waals surface area (Å²) in [6, 6.07) is 18.7. The van der Waals surface area contributed by atoms with Crippen molar-refractivity contribution in [2.75, 3.05) is 0 Å². The van der Waals surface area contributed by atoms with E-state index in [1.807, 2.05) is 31.2 Å². The Morgan fingerprint density at radius 3 is 1.86 bits per heavy atom. The summed E-state index contributed by atoms with van der Waals surface area (Å²) in [5, 5.41) is 8.96. The van der Waals surface area contributed by atoms with E-state index in [4.69, 9.17) is 9.84 Å². The topological polar surface area (TPSA) is 46.5 Å². The fourth-order valence-corrected chi connectivity index (χ4v) is 2.97. The Morgan fingerprint density at radius 2 is 1.41 bits per heavy atom. The summed E-state index contributed by atoms with van der Waals surface area (Å²) in [5.41, 5.74) is 1.94. The van der Waals surface area contributed by atoms with Gasteiger partial charge in [-0.1, -0.05) is 43.3 Å². The van der Waals surface area contributed by atoms with Crippen molar-refractivity contribution < 1.29 is 27.8 Å².